The molecule has 38 heavy (non-hydrogen) atoms. The van der Waals surface area contributed by atoms with Gasteiger partial charge in [0.15, 0.2) is 5.16 Å². The third kappa shape index (κ3) is 6.43. The lowest BCUT2D eigenvalue weighted by Crippen LogP contribution is -2.28. The number of carbonyl (C=O) groups excluding carboxylic acids is 2. The number of thiophene rings is 1. The Kier molecular flexibility index (Phi) is 9.19. The average molecular weight is 552 g/mol. The Morgan fingerprint density at radius 3 is 2.50 bits per heavy atom. The quantitative estimate of drug-likeness (QED) is 0.167. The van der Waals surface area contributed by atoms with Crippen molar-refractivity contribution in [2.75, 3.05) is 26.0 Å². The van der Waals surface area contributed by atoms with E-state index in [1.807, 2.05) is 54.6 Å². The van der Waals surface area contributed by atoms with Gasteiger partial charge >= 0.3 is 5.97 Å². The van der Waals surface area contributed by atoms with Crippen LogP contribution < -0.4 is 15.6 Å². The first-order chi connectivity index (χ1) is 18.4. The summed E-state index contributed by atoms with van der Waals surface area (Å²) in [5.41, 5.74) is 2.31. The van der Waals surface area contributed by atoms with Crippen LogP contribution in [0.2, 0.25) is 0 Å². The molecule has 1 N–H and O–H groups in total. The number of nitrogens with one attached hydrogen (secondary N) is 1. The summed E-state index contributed by atoms with van der Waals surface area (Å²) >= 11 is 2.33. The maximum absolute atomic E-state index is 13.7. The summed E-state index contributed by atoms with van der Waals surface area (Å²) in [4.78, 5) is 44.3. The number of hydrogen-bond donors (Lipinski definition) is 1. The second-order valence-corrected chi connectivity index (χ2v) is 10.4. The minimum Gasteiger partial charge on any atom is -0.497 e. The molecule has 0 spiro atoms. The van der Waals surface area contributed by atoms with Gasteiger partial charge < -0.3 is 14.8 Å². The molecule has 198 valence electrons. The largest absolute Gasteiger partial charge is 0.497 e. The van der Waals surface area contributed by atoms with Gasteiger partial charge in [-0.25, -0.2) is 9.78 Å². The number of ether oxygens (including phenoxy) is 2. The number of fused-ring (bicyclic) bond motifs is 1. The fourth-order valence-electron chi connectivity index (χ4n) is 3.92. The van der Waals surface area contributed by atoms with Crippen LogP contribution in [-0.4, -0.2) is 47.4 Å². The third-order valence-electron chi connectivity index (χ3n) is 5.89. The Labute approximate surface area is 229 Å². The van der Waals surface area contributed by atoms with Crippen LogP contribution in [0, 0.1) is 6.92 Å². The Balaban J connectivity index is 1.60. The second kappa shape index (κ2) is 12.7. The van der Waals surface area contributed by atoms with Gasteiger partial charge in [-0.1, -0.05) is 54.2 Å². The summed E-state index contributed by atoms with van der Waals surface area (Å²) in [6, 6.07) is 17.3. The molecule has 0 saturated heterocycles. The molecule has 2 aromatic carbocycles. The summed E-state index contributed by atoms with van der Waals surface area (Å²) < 4.78 is 12.0. The zero-order valence-electron chi connectivity index (χ0n) is 21.5. The van der Waals surface area contributed by atoms with Crippen LogP contribution in [0.5, 0.6) is 5.75 Å². The molecule has 1 amide bonds. The first kappa shape index (κ1) is 27.4. The molecule has 4 aromatic rings. The first-order valence-corrected chi connectivity index (χ1v) is 14.0. The molecular weight excluding hydrogens is 522 g/mol. The van der Waals surface area contributed by atoms with E-state index in [-0.39, 0.29) is 30.4 Å². The van der Waals surface area contributed by atoms with Crippen molar-refractivity contribution in [3.05, 3.63) is 86.5 Å². The molecule has 0 aliphatic rings. The van der Waals surface area contributed by atoms with Crippen LogP contribution in [-0.2, 0) is 22.5 Å². The highest BCUT2D eigenvalue weighted by molar-refractivity contribution is 7.99. The number of rotatable bonds is 11. The molecule has 0 fully saturated rings. The lowest BCUT2D eigenvalue weighted by molar-refractivity contribution is -0.118. The van der Waals surface area contributed by atoms with Crippen molar-refractivity contribution < 1.29 is 19.1 Å². The van der Waals surface area contributed by atoms with E-state index in [2.05, 4.69) is 5.32 Å². The van der Waals surface area contributed by atoms with E-state index in [4.69, 9.17) is 14.5 Å². The molecule has 0 aliphatic carbocycles. The number of carbonyl (C=O) groups is 2. The first-order valence-electron chi connectivity index (χ1n) is 12.2. The smallest absolute Gasteiger partial charge is 0.348 e. The number of nitrogens with zero attached hydrogens (tertiary/aromatic N) is 2. The van der Waals surface area contributed by atoms with Crippen LogP contribution in [0.25, 0.3) is 10.2 Å². The van der Waals surface area contributed by atoms with Crippen LogP contribution in [0.1, 0.15) is 33.3 Å². The Hall–Kier alpha value is -3.63. The van der Waals surface area contributed by atoms with Gasteiger partial charge in [0.05, 0.1) is 31.4 Å². The van der Waals surface area contributed by atoms with Gasteiger partial charge in [-0.2, -0.15) is 0 Å². The number of methoxy groups -OCH3 is 1. The van der Waals surface area contributed by atoms with E-state index in [1.165, 1.54) is 11.8 Å². The van der Waals surface area contributed by atoms with Gasteiger partial charge in [-0.3, -0.25) is 14.2 Å². The zero-order valence-corrected chi connectivity index (χ0v) is 23.1. The minimum atomic E-state index is -0.471. The molecule has 0 aliphatic heterocycles. The van der Waals surface area contributed by atoms with Crippen molar-refractivity contribution >= 4 is 45.2 Å². The Bertz CT molecular complexity index is 1480. The summed E-state index contributed by atoms with van der Waals surface area (Å²) in [6.07, 6.45) is 0.731. The number of hydrogen-bond acceptors (Lipinski definition) is 8. The van der Waals surface area contributed by atoms with E-state index in [0.29, 0.717) is 38.1 Å². The van der Waals surface area contributed by atoms with Crippen LogP contribution in [0.15, 0.2) is 64.5 Å². The number of aryl methyl sites for hydroxylation is 1. The number of amides is 1. The molecule has 0 bridgehead atoms. The number of esters is 1. The number of benzene rings is 2. The van der Waals surface area contributed by atoms with Crippen LogP contribution >= 0.6 is 23.1 Å². The summed E-state index contributed by atoms with van der Waals surface area (Å²) in [7, 11) is 1.59. The molecule has 8 nitrogen and oxygen atoms in total. The van der Waals surface area contributed by atoms with E-state index in [9.17, 15) is 14.4 Å². The SMILES string of the molecule is CCOC(=O)c1sc2nc(SCC(=O)NCCc3ccccc3)n(Cc3ccc(OC)cc3)c(=O)c2c1C. The average Bonchev–Trinajstić information content (AvgIpc) is 3.26. The molecule has 2 heterocycles. The lowest BCUT2D eigenvalue weighted by Gasteiger charge is -2.13. The number of aromatic nitrogens is 2. The highest BCUT2D eigenvalue weighted by Gasteiger charge is 2.23. The van der Waals surface area contributed by atoms with E-state index in [1.54, 1.807) is 25.5 Å². The van der Waals surface area contributed by atoms with E-state index in [0.717, 1.165) is 28.9 Å². The Morgan fingerprint density at radius 1 is 1.08 bits per heavy atom. The highest BCUT2D eigenvalue weighted by atomic mass is 32.2. The maximum atomic E-state index is 13.7. The van der Waals surface area contributed by atoms with Crippen LogP contribution in [0.3, 0.4) is 0 Å². The minimum absolute atomic E-state index is 0.102. The number of thioether (sulfide) groups is 1. The van der Waals surface area contributed by atoms with Crippen molar-refractivity contribution in [2.45, 2.75) is 32.0 Å². The summed E-state index contributed by atoms with van der Waals surface area (Å²) in [6.45, 7) is 4.48. The van der Waals surface area contributed by atoms with Crippen molar-refractivity contribution in [1.29, 1.82) is 0 Å². The van der Waals surface area contributed by atoms with Crippen molar-refractivity contribution in [3.8, 4) is 5.75 Å². The molecule has 2 aromatic heterocycles. The predicted molar refractivity (Wildman–Crippen MR) is 151 cm³/mol. The standard InChI is InChI=1S/C28H29N3O5S2/c1-4-36-27(34)24-18(2)23-25(38-24)30-28(31(26(23)33)16-20-10-12-21(35-3)13-11-20)37-17-22(32)29-15-14-19-8-6-5-7-9-19/h5-13H,4,14-17H2,1-3H3,(H,29,32). The molecule has 0 atom stereocenters. The van der Waals surface area contributed by atoms with Crippen molar-refractivity contribution in [1.82, 2.24) is 14.9 Å². The topological polar surface area (TPSA) is 99.5 Å². The molecule has 0 saturated carbocycles. The normalized spacial score (nSPS) is 10.9. The molecular formula is C28H29N3O5S2. The van der Waals surface area contributed by atoms with Gasteiger partial charge in [-0.15, -0.1) is 11.3 Å². The van der Waals surface area contributed by atoms with Gasteiger partial charge in [0, 0.05) is 6.54 Å². The van der Waals surface area contributed by atoms with Gasteiger partial charge in [-0.05, 0) is 49.1 Å². The van der Waals surface area contributed by atoms with E-state index < -0.39 is 5.97 Å². The molecule has 0 radical (unpaired) electrons. The second-order valence-electron chi connectivity index (χ2n) is 8.46. The fourth-order valence-corrected chi connectivity index (χ4v) is 5.87. The Morgan fingerprint density at radius 2 is 1.82 bits per heavy atom. The lowest BCUT2D eigenvalue weighted by atomic mass is 10.1. The highest BCUT2D eigenvalue weighted by Crippen LogP contribution is 2.30. The van der Waals surface area contributed by atoms with Gasteiger partial charge in [0.1, 0.15) is 15.5 Å². The summed E-state index contributed by atoms with van der Waals surface area (Å²) in [5, 5.41) is 3.73. The monoisotopic (exact) mass is 551 g/mol. The van der Waals surface area contributed by atoms with Gasteiger partial charge in [0.2, 0.25) is 5.91 Å². The molecule has 4 rings (SSSR count). The summed E-state index contributed by atoms with van der Waals surface area (Å²) in [5.74, 6) is 0.195. The van der Waals surface area contributed by atoms with Crippen LogP contribution in [0.4, 0.5) is 0 Å². The van der Waals surface area contributed by atoms with Gasteiger partial charge in [0.25, 0.3) is 5.56 Å². The van der Waals surface area contributed by atoms with E-state index >= 15 is 0 Å². The third-order valence-corrected chi connectivity index (χ3v) is 8.03. The van der Waals surface area contributed by atoms with Crippen molar-refractivity contribution in [3.63, 3.8) is 0 Å². The zero-order chi connectivity index (χ0) is 27.1. The maximum Gasteiger partial charge on any atom is 0.348 e. The molecule has 10 heteroatoms. The predicted octanol–water partition coefficient (Wildman–Crippen LogP) is 4.45. The fraction of sp³-hybridized carbons (Fsp3) is 0.286. The molecule has 0 unspecified atom stereocenters. The van der Waals surface area contributed by atoms with Crippen molar-refractivity contribution in [2.24, 2.45) is 0 Å².